The Kier molecular flexibility index (Phi) is 5.44. The van der Waals surface area contributed by atoms with Gasteiger partial charge in [-0.05, 0) is 31.2 Å². The second-order valence-corrected chi connectivity index (χ2v) is 5.02. The third-order valence-corrected chi connectivity index (χ3v) is 3.68. The van der Waals surface area contributed by atoms with Crippen molar-refractivity contribution in [3.05, 3.63) is 47.4 Å². The summed E-state index contributed by atoms with van der Waals surface area (Å²) >= 11 is 3.43. The number of rotatable bonds is 6. The molecule has 0 bridgehead atoms. The predicted molar refractivity (Wildman–Crippen MR) is 86.3 cm³/mol. The molecule has 112 valence electrons. The highest BCUT2D eigenvalue weighted by atomic mass is 79.9. The van der Waals surface area contributed by atoms with Gasteiger partial charge in [0.25, 0.3) is 5.91 Å². The molecule has 2 rings (SSSR count). The predicted octanol–water partition coefficient (Wildman–Crippen LogP) is 4.39. The lowest BCUT2D eigenvalue weighted by molar-refractivity contribution is 0.102. The van der Waals surface area contributed by atoms with Gasteiger partial charge in [0.15, 0.2) is 0 Å². The van der Waals surface area contributed by atoms with Crippen LogP contribution >= 0.6 is 15.9 Å². The molecule has 5 heteroatoms. The Hall–Kier alpha value is -1.75. The van der Waals surface area contributed by atoms with Crippen LogP contribution in [0.4, 0.5) is 5.69 Å². The van der Waals surface area contributed by atoms with Crippen molar-refractivity contribution in [1.82, 2.24) is 0 Å². The first-order valence-electron chi connectivity index (χ1n) is 6.89. The standard InChI is InChI=1S/C16H18BrNO3/c1-3-14-13(7-8-21-14)16(19)18-12-5-6-15(20-4-2)11(9-12)10-17/h5-9H,3-4,10H2,1-2H3,(H,18,19). The number of hydrogen-bond donors (Lipinski definition) is 1. The molecule has 1 aromatic carbocycles. The molecule has 0 aliphatic rings. The van der Waals surface area contributed by atoms with E-state index >= 15 is 0 Å². The van der Waals surface area contributed by atoms with Crippen LogP contribution in [0.3, 0.4) is 0 Å². The van der Waals surface area contributed by atoms with E-state index in [1.807, 2.05) is 32.0 Å². The van der Waals surface area contributed by atoms with E-state index in [1.165, 1.54) is 6.26 Å². The molecule has 0 spiro atoms. The Labute approximate surface area is 132 Å². The number of halogens is 1. The molecule has 1 N–H and O–H groups in total. The Morgan fingerprint density at radius 3 is 2.81 bits per heavy atom. The molecular formula is C16H18BrNO3. The van der Waals surface area contributed by atoms with E-state index in [-0.39, 0.29) is 5.91 Å². The number of carbonyl (C=O) groups excluding carboxylic acids is 1. The highest BCUT2D eigenvalue weighted by Crippen LogP contribution is 2.25. The molecule has 1 heterocycles. The largest absolute Gasteiger partial charge is 0.494 e. The summed E-state index contributed by atoms with van der Waals surface area (Å²) in [4.78, 5) is 12.3. The molecule has 0 atom stereocenters. The molecule has 0 aliphatic carbocycles. The van der Waals surface area contributed by atoms with Crippen LogP contribution < -0.4 is 10.1 Å². The Morgan fingerprint density at radius 1 is 1.33 bits per heavy atom. The van der Waals surface area contributed by atoms with Gasteiger partial charge in [-0.2, -0.15) is 0 Å². The molecule has 0 radical (unpaired) electrons. The molecule has 0 aliphatic heterocycles. The lowest BCUT2D eigenvalue weighted by Crippen LogP contribution is -2.13. The van der Waals surface area contributed by atoms with Crippen molar-refractivity contribution in [2.75, 3.05) is 11.9 Å². The molecule has 0 unspecified atom stereocenters. The van der Waals surface area contributed by atoms with Gasteiger partial charge in [0.05, 0.1) is 18.4 Å². The quantitative estimate of drug-likeness (QED) is 0.785. The number of alkyl halides is 1. The van der Waals surface area contributed by atoms with Crippen LogP contribution in [0.2, 0.25) is 0 Å². The van der Waals surface area contributed by atoms with Crippen molar-refractivity contribution in [1.29, 1.82) is 0 Å². The Bertz CT molecular complexity index is 622. The number of ether oxygens (including phenoxy) is 1. The number of nitrogens with one attached hydrogen (secondary N) is 1. The average Bonchev–Trinajstić information content (AvgIpc) is 2.97. The summed E-state index contributed by atoms with van der Waals surface area (Å²) in [5.74, 6) is 1.36. The van der Waals surface area contributed by atoms with Crippen LogP contribution in [0, 0.1) is 0 Å². The number of carbonyl (C=O) groups is 1. The van der Waals surface area contributed by atoms with Gasteiger partial charge in [0.2, 0.25) is 0 Å². The molecule has 2 aromatic rings. The van der Waals surface area contributed by atoms with Crippen molar-refractivity contribution in [2.45, 2.75) is 25.6 Å². The number of anilines is 1. The second kappa shape index (κ2) is 7.31. The monoisotopic (exact) mass is 351 g/mol. The SMILES string of the molecule is CCOc1ccc(NC(=O)c2ccoc2CC)cc1CBr. The summed E-state index contributed by atoms with van der Waals surface area (Å²) in [6, 6.07) is 7.30. The van der Waals surface area contributed by atoms with E-state index < -0.39 is 0 Å². The Morgan fingerprint density at radius 2 is 2.14 bits per heavy atom. The maximum atomic E-state index is 12.3. The van der Waals surface area contributed by atoms with Gasteiger partial charge < -0.3 is 14.5 Å². The van der Waals surface area contributed by atoms with Gasteiger partial charge in [-0.15, -0.1) is 0 Å². The van der Waals surface area contributed by atoms with Crippen molar-refractivity contribution < 1.29 is 13.9 Å². The number of benzene rings is 1. The number of amides is 1. The number of aryl methyl sites for hydroxylation is 1. The van der Waals surface area contributed by atoms with E-state index in [0.717, 1.165) is 17.0 Å². The van der Waals surface area contributed by atoms with Crippen LogP contribution in [-0.4, -0.2) is 12.5 Å². The molecule has 21 heavy (non-hydrogen) atoms. The smallest absolute Gasteiger partial charge is 0.259 e. The molecule has 1 amide bonds. The van der Waals surface area contributed by atoms with E-state index in [9.17, 15) is 4.79 Å². The minimum atomic E-state index is -0.162. The first-order valence-corrected chi connectivity index (χ1v) is 8.01. The summed E-state index contributed by atoms with van der Waals surface area (Å²) in [5, 5.41) is 3.55. The van der Waals surface area contributed by atoms with Gasteiger partial charge >= 0.3 is 0 Å². The average molecular weight is 352 g/mol. The zero-order valence-electron chi connectivity index (χ0n) is 12.1. The summed E-state index contributed by atoms with van der Waals surface area (Å²) in [7, 11) is 0. The second-order valence-electron chi connectivity index (χ2n) is 4.45. The van der Waals surface area contributed by atoms with Crippen LogP contribution in [0.1, 0.15) is 35.5 Å². The van der Waals surface area contributed by atoms with E-state index in [4.69, 9.17) is 9.15 Å². The third kappa shape index (κ3) is 3.67. The first-order chi connectivity index (χ1) is 10.2. The third-order valence-electron chi connectivity index (χ3n) is 3.07. The van der Waals surface area contributed by atoms with Gasteiger partial charge in [-0.25, -0.2) is 0 Å². The Balaban J connectivity index is 2.18. The van der Waals surface area contributed by atoms with Crippen LogP contribution in [0.15, 0.2) is 34.9 Å². The van der Waals surface area contributed by atoms with Gasteiger partial charge in [0.1, 0.15) is 11.5 Å². The number of hydrogen-bond acceptors (Lipinski definition) is 3. The number of furan rings is 1. The highest BCUT2D eigenvalue weighted by Gasteiger charge is 2.14. The minimum absolute atomic E-state index is 0.162. The van der Waals surface area contributed by atoms with Crippen molar-refractivity contribution in [2.24, 2.45) is 0 Å². The maximum Gasteiger partial charge on any atom is 0.259 e. The molecule has 0 fully saturated rings. The van der Waals surface area contributed by atoms with Crippen molar-refractivity contribution in [3.8, 4) is 5.75 Å². The molecule has 0 saturated carbocycles. The summed E-state index contributed by atoms with van der Waals surface area (Å²) in [6.07, 6.45) is 2.22. The van der Waals surface area contributed by atoms with Gasteiger partial charge in [0, 0.05) is 23.0 Å². The fraction of sp³-hybridized carbons (Fsp3) is 0.312. The fourth-order valence-corrected chi connectivity index (χ4v) is 2.51. The molecular weight excluding hydrogens is 334 g/mol. The maximum absolute atomic E-state index is 12.3. The summed E-state index contributed by atoms with van der Waals surface area (Å²) < 4.78 is 10.8. The van der Waals surface area contributed by atoms with Crippen LogP contribution in [0.25, 0.3) is 0 Å². The minimum Gasteiger partial charge on any atom is -0.494 e. The highest BCUT2D eigenvalue weighted by molar-refractivity contribution is 9.08. The van der Waals surface area contributed by atoms with E-state index in [1.54, 1.807) is 6.07 Å². The van der Waals surface area contributed by atoms with Gasteiger partial charge in [-0.3, -0.25) is 4.79 Å². The van der Waals surface area contributed by atoms with Crippen molar-refractivity contribution >= 4 is 27.5 Å². The first kappa shape index (κ1) is 15.6. The normalized spacial score (nSPS) is 10.4. The van der Waals surface area contributed by atoms with E-state index in [2.05, 4.69) is 21.2 Å². The summed E-state index contributed by atoms with van der Waals surface area (Å²) in [6.45, 7) is 4.51. The van der Waals surface area contributed by atoms with Crippen molar-refractivity contribution in [3.63, 3.8) is 0 Å². The lowest BCUT2D eigenvalue weighted by atomic mass is 10.1. The molecule has 1 aromatic heterocycles. The summed E-state index contributed by atoms with van der Waals surface area (Å²) in [5.41, 5.74) is 2.31. The van der Waals surface area contributed by atoms with E-state index in [0.29, 0.717) is 29.7 Å². The topological polar surface area (TPSA) is 51.5 Å². The molecule has 4 nitrogen and oxygen atoms in total. The zero-order chi connectivity index (χ0) is 15.2. The fourth-order valence-electron chi connectivity index (χ4n) is 2.07. The van der Waals surface area contributed by atoms with Crippen LogP contribution in [0.5, 0.6) is 5.75 Å². The zero-order valence-corrected chi connectivity index (χ0v) is 13.7. The molecule has 0 saturated heterocycles. The van der Waals surface area contributed by atoms with Crippen LogP contribution in [-0.2, 0) is 11.8 Å². The lowest BCUT2D eigenvalue weighted by Gasteiger charge is -2.11. The van der Waals surface area contributed by atoms with Gasteiger partial charge in [-0.1, -0.05) is 22.9 Å².